The van der Waals surface area contributed by atoms with E-state index in [-0.39, 0.29) is 0 Å². The summed E-state index contributed by atoms with van der Waals surface area (Å²) in [5.41, 5.74) is 0.480. The smallest absolute Gasteiger partial charge is 0.192 e. The summed E-state index contributed by atoms with van der Waals surface area (Å²) in [6.07, 6.45) is 13.8. The van der Waals surface area contributed by atoms with Gasteiger partial charge in [0.2, 0.25) is 0 Å². The second kappa shape index (κ2) is 9.03. The van der Waals surface area contributed by atoms with E-state index in [1.54, 1.807) is 0 Å². The van der Waals surface area contributed by atoms with Gasteiger partial charge in [-0.1, -0.05) is 41.0 Å². The third-order valence-corrected chi connectivity index (χ3v) is 12.7. The molecule has 0 unspecified atom stereocenters. The first-order chi connectivity index (χ1) is 12.5. The van der Waals surface area contributed by atoms with E-state index < -0.39 is 8.32 Å². The summed E-state index contributed by atoms with van der Waals surface area (Å²) in [4.78, 5) is 0. The first kappa shape index (κ1) is 23.0. The summed E-state index contributed by atoms with van der Waals surface area (Å²) in [5, 5.41) is 0.305. The molecule has 2 nitrogen and oxygen atoms in total. The highest BCUT2D eigenvalue weighted by Crippen LogP contribution is 2.59. The molecule has 2 aliphatic rings. The molecule has 0 saturated heterocycles. The van der Waals surface area contributed by atoms with E-state index in [2.05, 4.69) is 53.8 Å². The van der Waals surface area contributed by atoms with Crippen LogP contribution in [0.5, 0.6) is 0 Å². The molecule has 0 spiro atoms. The number of ether oxygens (including phenoxy) is 1. The van der Waals surface area contributed by atoms with Gasteiger partial charge in [-0.15, -0.1) is 0 Å². The maximum absolute atomic E-state index is 6.99. The Hall–Kier alpha value is -0.283. The molecule has 0 amide bonds. The summed E-state index contributed by atoms with van der Waals surface area (Å²) in [6.45, 7) is 19.9. The Kier molecular flexibility index (Phi) is 7.69. The Labute approximate surface area is 170 Å². The van der Waals surface area contributed by atoms with Gasteiger partial charge in [0.05, 0.1) is 12.9 Å². The molecule has 5 atom stereocenters. The summed E-state index contributed by atoms with van der Waals surface area (Å²) < 4.78 is 12.3. The quantitative estimate of drug-likeness (QED) is 0.312. The van der Waals surface area contributed by atoms with Crippen molar-refractivity contribution in [3.63, 3.8) is 0 Å². The lowest BCUT2D eigenvalue weighted by molar-refractivity contribution is -0.0209. The summed E-state index contributed by atoms with van der Waals surface area (Å²) in [5.74, 6) is 2.42. The van der Waals surface area contributed by atoms with Gasteiger partial charge >= 0.3 is 0 Å². The van der Waals surface area contributed by atoms with Crippen molar-refractivity contribution >= 4 is 8.32 Å². The third-order valence-electron chi connectivity index (χ3n) is 8.22. The van der Waals surface area contributed by atoms with Crippen molar-refractivity contribution in [3.05, 3.63) is 12.3 Å². The van der Waals surface area contributed by atoms with Gasteiger partial charge in [0.1, 0.15) is 0 Å². The Bertz CT molecular complexity index is 493. The first-order valence-corrected chi connectivity index (χ1v) is 14.4. The van der Waals surface area contributed by atoms with Crippen LogP contribution in [0.15, 0.2) is 12.3 Å². The van der Waals surface area contributed by atoms with Crippen LogP contribution in [-0.4, -0.2) is 21.0 Å². The molecule has 3 heteroatoms. The number of allylic oxidation sites excluding steroid dienone is 1. The molecule has 0 radical (unpaired) electrons. The van der Waals surface area contributed by atoms with Crippen molar-refractivity contribution in [1.82, 2.24) is 0 Å². The van der Waals surface area contributed by atoms with Crippen LogP contribution in [0.4, 0.5) is 0 Å². The molecule has 0 aromatic rings. The Morgan fingerprint density at radius 1 is 1.19 bits per heavy atom. The van der Waals surface area contributed by atoms with Crippen LogP contribution < -0.4 is 0 Å². The van der Waals surface area contributed by atoms with Crippen molar-refractivity contribution in [2.75, 3.05) is 6.61 Å². The average molecular weight is 395 g/mol. The maximum atomic E-state index is 6.99. The Morgan fingerprint density at radius 3 is 2.52 bits per heavy atom. The van der Waals surface area contributed by atoms with E-state index in [1.165, 1.54) is 38.5 Å². The predicted octanol–water partition coefficient (Wildman–Crippen LogP) is 7.56. The van der Waals surface area contributed by atoms with Crippen molar-refractivity contribution < 1.29 is 9.16 Å². The van der Waals surface area contributed by atoms with E-state index in [9.17, 15) is 0 Å². The minimum absolute atomic E-state index is 0.305. The predicted molar refractivity (Wildman–Crippen MR) is 119 cm³/mol. The normalized spacial score (nSPS) is 33.3. The molecule has 2 saturated carbocycles. The molecule has 0 heterocycles. The van der Waals surface area contributed by atoms with E-state index in [0.717, 1.165) is 30.8 Å². The minimum atomic E-state index is -1.69. The van der Waals surface area contributed by atoms with Gasteiger partial charge in [-0.05, 0) is 92.8 Å². The summed E-state index contributed by atoms with van der Waals surface area (Å²) >= 11 is 0. The molecular formula is C24H46O2Si. The van der Waals surface area contributed by atoms with Crippen LogP contribution in [0.25, 0.3) is 0 Å². The molecule has 2 fully saturated rings. The van der Waals surface area contributed by atoms with Gasteiger partial charge in [0.25, 0.3) is 0 Å². The van der Waals surface area contributed by atoms with E-state index >= 15 is 0 Å². The zero-order valence-corrected chi connectivity index (χ0v) is 20.4. The van der Waals surface area contributed by atoms with Crippen LogP contribution in [0.3, 0.4) is 0 Å². The highest BCUT2D eigenvalue weighted by molar-refractivity contribution is 6.74. The fraction of sp³-hybridized carbons (Fsp3) is 0.917. The summed E-state index contributed by atoms with van der Waals surface area (Å²) in [7, 11) is -1.69. The lowest BCUT2D eigenvalue weighted by Gasteiger charge is -2.50. The molecule has 0 aliphatic heterocycles. The van der Waals surface area contributed by atoms with Crippen LogP contribution in [0.1, 0.15) is 86.5 Å². The maximum Gasteiger partial charge on any atom is 0.192 e. The van der Waals surface area contributed by atoms with Gasteiger partial charge in [-0.2, -0.15) is 0 Å². The Morgan fingerprint density at radius 2 is 1.89 bits per heavy atom. The Balaban J connectivity index is 2.02. The standard InChI is InChI=1S/C24H46O2Si/c1-9-25-18-11-10-13-19(2)20-15-16-21-22(14-12-17-24(20,21)6)26-27(7,8)23(3,4)5/h11,18-22H,9-10,12-17H2,1-8H3/t19-,20+,21-,22-,24-/m0/s1. The van der Waals surface area contributed by atoms with E-state index in [0.29, 0.717) is 16.6 Å². The van der Waals surface area contributed by atoms with Crippen LogP contribution in [0, 0.1) is 23.2 Å². The fourth-order valence-electron chi connectivity index (χ4n) is 5.58. The number of rotatable bonds is 8. The van der Waals surface area contributed by atoms with Gasteiger partial charge in [0, 0.05) is 6.10 Å². The second-order valence-corrected chi connectivity index (χ2v) is 15.7. The van der Waals surface area contributed by atoms with E-state index in [1.807, 2.05) is 13.2 Å². The van der Waals surface area contributed by atoms with Crippen LogP contribution in [0.2, 0.25) is 18.1 Å². The first-order valence-electron chi connectivity index (χ1n) is 11.5. The lowest BCUT2D eigenvalue weighted by atomic mass is 9.61. The van der Waals surface area contributed by atoms with E-state index in [4.69, 9.17) is 9.16 Å². The van der Waals surface area contributed by atoms with Crippen molar-refractivity contribution in [1.29, 1.82) is 0 Å². The lowest BCUT2D eigenvalue weighted by Crippen LogP contribution is -2.50. The molecule has 158 valence electrons. The molecule has 27 heavy (non-hydrogen) atoms. The topological polar surface area (TPSA) is 18.5 Å². The molecule has 0 aromatic heterocycles. The fourth-order valence-corrected chi connectivity index (χ4v) is 6.98. The average Bonchev–Trinajstić information content (AvgIpc) is 2.91. The van der Waals surface area contributed by atoms with Crippen LogP contribution >= 0.6 is 0 Å². The van der Waals surface area contributed by atoms with Crippen molar-refractivity contribution in [3.8, 4) is 0 Å². The highest BCUT2D eigenvalue weighted by atomic mass is 28.4. The molecule has 2 rings (SSSR count). The third kappa shape index (κ3) is 5.21. The molecular weight excluding hydrogens is 348 g/mol. The molecule has 0 N–H and O–H groups in total. The van der Waals surface area contributed by atoms with Crippen molar-refractivity contribution in [2.24, 2.45) is 23.2 Å². The monoisotopic (exact) mass is 394 g/mol. The molecule has 2 aliphatic carbocycles. The van der Waals surface area contributed by atoms with Gasteiger partial charge in [0.15, 0.2) is 8.32 Å². The van der Waals surface area contributed by atoms with Gasteiger partial charge in [-0.3, -0.25) is 0 Å². The number of hydrogen-bond donors (Lipinski definition) is 0. The zero-order valence-electron chi connectivity index (χ0n) is 19.4. The van der Waals surface area contributed by atoms with Crippen molar-refractivity contribution in [2.45, 2.75) is 111 Å². The number of fused-ring (bicyclic) bond motifs is 1. The molecule has 0 bridgehead atoms. The highest BCUT2D eigenvalue weighted by Gasteiger charge is 2.54. The minimum Gasteiger partial charge on any atom is -0.502 e. The van der Waals surface area contributed by atoms with Gasteiger partial charge < -0.3 is 9.16 Å². The zero-order chi connectivity index (χ0) is 20.3. The second-order valence-electron chi connectivity index (χ2n) is 11.0. The molecule has 0 aromatic carbocycles. The van der Waals surface area contributed by atoms with Gasteiger partial charge in [-0.25, -0.2) is 0 Å². The largest absolute Gasteiger partial charge is 0.502 e. The van der Waals surface area contributed by atoms with Crippen LogP contribution in [-0.2, 0) is 9.16 Å². The SMILES string of the molecule is CCOC=CCC[C@H](C)[C@H]1CC[C@H]2[C@@H](O[Si](C)(C)C(C)(C)C)CCC[C@@]12C. The summed E-state index contributed by atoms with van der Waals surface area (Å²) in [6, 6.07) is 0. The number of hydrogen-bond acceptors (Lipinski definition) is 2.